The Balaban J connectivity index is 0.00000169. The molecule has 0 amide bonds. The number of rotatable bonds is 3. The summed E-state index contributed by atoms with van der Waals surface area (Å²) >= 11 is 5.91. The summed E-state index contributed by atoms with van der Waals surface area (Å²) in [5, 5.41) is 0.511. The highest BCUT2D eigenvalue weighted by molar-refractivity contribution is 6.31. The first-order valence-electron chi connectivity index (χ1n) is 4.19. The summed E-state index contributed by atoms with van der Waals surface area (Å²) in [4.78, 5) is 4.06. The Bertz CT molecular complexity index is 292. The predicted octanol–water partition coefficient (Wildman–Crippen LogP) is 2.58. The fourth-order valence-corrected chi connectivity index (χ4v) is 1.16. The third-order valence-electron chi connectivity index (χ3n) is 1.64. The molecule has 2 N–H and O–H groups in total. The molecule has 0 saturated carbocycles. The average Bonchev–Trinajstić information content (AvgIpc) is 2.08. The molecule has 1 atom stereocenters. The molecule has 0 aromatic carbocycles. The van der Waals surface area contributed by atoms with Crippen LogP contribution in [0.5, 0.6) is 5.88 Å². The molecule has 0 unspecified atom stereocenters. The normalized spacial score (nSPS) is 11.7. The molecule has 0 aliphatic heterocycles. The van der Waals surface area contributed by atoms with Gasteiger partial charge in [-0.25, -0.2) is 4.98 Å². The van der Waals surface area contributed by atoms with Gasteiger partial charge in [0, 0.05) is 12.2 Å². The van der Waals surface area contributed by atoms with E-state index >= 15 is 0 Å². The lowest BCUT2D eigenvalue weighted by Gasteiger charge is -2.08. The molecule has 0 radical (unpaired) electrons. The molecule has 0 saturated heterocycles. The summed E-state index contributed by atoms with van der Waals surface area (Å²) in [7, 11) is 0. The SMILES string of the molecule is CCOc1ncc([C@@H](C)N)cc1Cl.Cl. The van der Waals surface area contributed by atoms with Crippen molar-refractivity contribution in [3.63, 3.8) is 0 Å². The zero-order chi connectivity index (χ0) is 9.84. The van der Waals surface area contributed by atoms with Crippen LogP contribution in [-0.2, 0) is 0 Å². The highest BCUT2D eigenvalue weighted by Gasteiger charge is 2.06. The van der Waals surface area contributed by atoms with Crippen LogP contribution in [0, 0.1) is 0 Å². The van der Waals surface area contributed by atoms with Crippen LogP contribution in [0.4, 0.5) is 0 Å². The molecular formula is C9H14Cl2N2O. The number of nitrogens with two attached hydrogens (primary N) is 1. The first-order valence-corrected chi connectivity index (χ1v) is 4.56. The van der Waals surface area contributed by atoms with E-state index in [-0.39, 0.29) is 18.4 Å². The maximum absolute atomic E-state index is 5.91. The minimum absolute atomic E-state index is 0. The Morgan fingerprint density at radius 2 is 2.29 bits per heavy atom. The molecule has 3 nitrogen and oxygen atoms in total. The van der Waals surface area contributed by atoms with Gasteiger partial charge in [-0.3, -0.25) is 0 Å². The van der Waals surface area contributed by atoms with Crippen molar-refractivity contribution in [3.05, 3.63) is 22.8 Å². The van der Waals surface area contributed by atoms with Crippen LogP contribution >= 0.6 is 24.0 Å². The summed E-state index contributed by atoms with van der Waals surface area (Å²) in [6, 6.07) is 1.73. The molecule has 0 fully saturated rings. The van der Waals surface area contributed by atoms with Crippen LogP contribution in [-0.4, -0.2) is 11.6 Å². The lowest BCUT2D eigenvalue weighted by Crippen LogP contribution is -2.06. The van der Waals surface area contributed by atoms with Crippen molar-refractivity contribution in [3.8, 4) is 5.88 Å². The van der Waals surface area contributed by atoms with Crippen LogP contribution in [0.2, 0.25) is 5.02 Å². The minimum atomic E-state index is -0.0549. The van der Waals surface area contributed by atoms with Gasteiger partial charge in [-0.2, -0.15) is 0 Å². The van der Waals surface area contributed by atoms with E-state index in [1.807, 2.05) is 13.8 Å². The molecular weight excluding hydrogens is 223 g/mol. The summed E-state index contributed by atoms with van der Waals surface area (Å²) in [6.07, 6.45) is 1.68. The first-order chi connectivity index (χ1) is 6.15. The minimum Gasteiger partial charge on any atom is -0.477 e. The average molecular weight is 237 g/mol. The van der Waals surface area contributed by atoms with Crippen molar-refractivity contribution >= 4 is 24.0 Å². The highest BCUT2D eigenvalue weighted by Crippen LogP contribution is 2.24. The lowest BCUT2D eigenvalue weighted by molar-refractivity contribution is 0.327. The molecule has 1 aromatic heterocycles. The number of halogens is 2. The predicted molar refractivity (Wildman–Crippen MR) is 60.3 cm³/mol. The van der Waals surface area contributed by atoms with E-state index < -0.39 is 0 Å². The molecule has 0 bridgehead atoms. The maximum Gasteiger partial charge on any atom is 0.232 e. The second-order valence-corrected chi connectivity index (χ2v) is 3.18. The molecule has 1 heterocycles. The Morgan fingerprint density at radius 1 is 1.64 bits per heavy atom. The number of aromatic nitrogens is 1. The zero-order valence-corrected chi connectivity index (χ0v) is 9.73. The largest absolute Gasteiger partial charge is 0.477 e. The lowest BCUT2D eigenvalue weighted by atomic mass is 10.2. The van der Waals surface area contributed by atoms with E-state index in [2.05, 4.69) is 4.98 Å². The van der Waals surface area contributed by atoms with Crippen molar-refractivity contribution in [1.29, 1.82) is 0 Å². The Morgan fingerprint density at radius 3 is 2.71 bits per heavy atom. The van der Waals surface area contributed by atoms with Crippen molar-refractivity contribution in [2.24, 2.45) is 5.73 Å². The van der Waals surface area contributed by atoms with Gasteiger partial charge in [0.2, 0.25) is 5.88 Å². The van der Waals surface area contributed by atoms with E-state index in [1.54, 1.807) is 12.3 Å². The van der Waals surface area contributed by atoms with Gasteiger partial charge >= 0.3 is 0 Å². The van der Waals surface area contributed by atoms with Crippen LogP contribution < -0.4 is 10.5 Å². The second-order valence-electron chi connectivity index (χ2n) is 2.78. The van der Waals surface area contributed by atoms with Gasteiger partial charge in [0.15, 0.2) is 0 Å². The fraction of sp³-hybridized carbons (Fsp3) is 0.444. The molecule has 1 rings (SSSR count). The third kappa shape index (κ3) is 3.33. The molecule has 0 aliphatic carbocycles. The summed E-state index contributed by atoms with van der Waals surface area (Å²) in [6.45, 7) is 4.33. The van der Waals surface area contributed by atoms with E-state index in [0.29, 0.717) is 17.5 Å². The van der Waals surface area contributed by atoms with Crippen LogP contribution in [0.3, 0.4) is 0 Å². The summed E-state index contributed by atoms with van der Waals surface area (Å²) < 4.78 is 5.19. The molecule has 5 heteroatoms. The van der Waals surface area contributed by atoms with Crippen molar-refractivity contribution in [2.75, 3.05) is 6.61 Å². The van der Waals surface area contributed by atoms with Gasteiger partial charge in [-0.1, -0.05) is 11.6 Å². The topological polar surface area (TPSA) is 48.1 Å². The molecule has 0 aliphatic rings. The maximum atomic E-state index is 5.91. The van der Waals surface area contributed by atoms with Crippen molar-refractivity contribution in [2.45, 2.75) is 19.9 Å². The molecule has 1 aromatic rings. The summed E-state index contributed by atoms with van der Waals surface area (Å²) in [5.41, 5.74) is 6.58. The second kappa shape index (κ2) is 6.06. The molecule has 0 spiro atoms. The Hall–Kier alpha value is -0.510. The quantitative estimate of drug-likeness (QED) is 0.878. The number of pyridine rings is 1. The van der Waals surface area contributed by atoms with Gasteiger partial charge in [0.05, 0.1) is 6.61 Å². The summed E-state index contributed by atoms with van der Waals surface area (Å²) in [5.74, 6) is 0.466. The smallest absolute Gasteiger partial charge is 0.232 e. The fourth-order valence-electron chi connectivity index (χ4n) is 0.932. The number of hydrogen-bond donors (Lipinski definition) is 1. The van der Waals surface area contributed by atoms with Crippen molar-refractivity contribution in [1.82, 2.24) is 4.98 Å². The van der Waals surface area contributed by atoms with Crippen LogP contribution in [0.15, 0.2) is 12.3 Å². The van der Waals surface area contributed by atoms with E-state index in [1.165, 1.54) is 0 Å². The first kappa shape index (κ1) is 13.5. The Labute approximate surface area is 95.0 Å². The van der Waals surface area contributed by atoms with E-state index in [0.717, 1.165) is 5.56 Å². The van der Waals surface area contributed by atoms with Crippen LogP contribution in [0.1, 0.15) is 25.5 Å². The van der Waals surface area contributed by atoms with E-state index in [4.69, 9.17) is 22.1 Å². The third-order valence-corrected chi connectivity index (χ3v) is 1.91. The molecule has 14 heavy (non-hydrogen) atoms. The Kier molecular flexibility index (Phi) is 5.84. The number of hydrogen-bond acceptors (Lipinski definition) is 3. The zero-order valence-electron chi connectivity index (χ0n) is 8.16. The van der Waals surface area contributed by atoms with Crippen molar-refractivity contribution < 1.29 is 4.74 Å². The standard InChI is InChI=1S/C9H13ClN2O.ClH/c1-3-13-9-8(10)4-7(5-12-9)6(2)11;/h4-6H,3,11H2,1-2H3;1H/t6-;/m1./s1. The molecule has 80 valence electrons. The van der Waals surface area contributed by atoms with Gasteiger partial charge in [-0.05, 0) is 25.5 Å². The van der Waals surface area contributed by atoms with Gasteiger partial charge in [0.25, 0.3) is 0 Å². The number of ether oxygens (including phenoxy) is 1. The monoisotopic (exact) mass is 236 g/mol. The van der Waals surface area contributed by atoms with Gasteiger partial charge < -0.3 is 10.5 Å². The number of nitrogens with zero attached hydrogens (tertiary/aromatic N) is 1. The van der Waals surface area contributed by atoms with Gasteiger partial charge in [-0.15, -0.1) is 12.4 Å². The van der Waals surface area contributed by atoms with E-state index in [9.17, 15) is 0 Å². The van der Waals surface area contributed by atoms with Gasteiger partial charge in [0.1, 0.15) is 5.02 Å². The highest BCUT2D eigenvalue weighted by atomic mass is 35.5. The van der Waals surface area contributed by atoms with Crippen LogP contribution in [0.25, 0.3) is 0 Å².